The predicted molar refractivity (Wildman–Crippen MR) is 253 cm³/mol. The summed E-state index contributed by atoms with van der Waals surface area (Å²) in [5, 5.41) is 11.3. The van der Waals surface area contributed by atoms with Crippen molar-refractivity contribution >= 4 is 76.2 Å². The van der Waals surface area contributed by atoms with Gasteiger partial charge >= 0.3 is 0 Å². The summed E-state index contributed by atoms with van der Waals surface area (Å²) < 4.78 is 5.40. The van der Waals surface area contributed by atoms with Gasteiger partial charge in [0.2, 0.25) is 0 Å². The van der Waals surface area contributed by atoms with Gasteiger partial charge in [-0.15, -0.1) is 0 Å². The van der Waals surface area contributed by atoms with Crippen LogP contribution in [0.15, 0.2) is 60.7 Å². The molecule has 11 rings (SSSR count). The van der Waals surface area contributed by atoms with Gasteiger partial charge in [0.1, 0.15) is 0 Å². The van der Waals surface area contributed by atoms with Crippen LogP contribution in [-0.4, -0.2) is 8.80 Å². The van der Waals surface area contributed by atoms with Crippen molar-refractivity contribution in [1.29, 1.82) is 0 Å². The number of fused-ring (bicyclic) bond motifs is 16. The zero-order valence-corrected chi connectivity index (χ0v) is 38.7. The van der Waals surface area contributed by atoms with E-state index in [1.807, 2.05) is 0 Å². The average Bonchev–Trinajstić information content (AvgIpc) is 3.87. The first-order valence-corrected chi connectivity index (χ1v) is 22.1. The molecule has 0 spiro atoms. The van der Waals surface area contributed by atoms with Crippen LogP contribution in [-0.2, 0) is 32.5 Å². The van der Waals surface area contributed by atoms with E-state index in [0.717, 1.165) is 0 Å². The molecule has 2 nitrogen and oxygen atoms in total. The fourth-order valence-corrected chi connectivity index (χ4v) is 12.7. The third-order valence-corrected chi connectivity index (χ3v) is 18.9. The van der Waals surface area contributed by atoms with E-state index in [1.54, 1.807) is 0 Å². The minimum absolute atomic E-state index is 0.00547. The minimum atomic E-state index is 0.00547. The Morgan fingerprint density at radius 2 is 0.621 bits per heavy atom. The molecule has 4 heterocycles. The molecule has 4 aromatic heterocycles. The number of benzene rings is 5. The molecule has 0 radical (unpaired) electrons. The zero-order chi connectivity index (χ0) is 41.8. The number of aromatic nitrogens is 2. The third-order valence-electron chi connectivity index (χ3n) is 18.9. The van der Waals surface area contributed by atoms with E-state index in [9.17, 15) is 0 Å². The van der Waals surface area contributed by atoms with Crippen LogP contribution in [0.5, 0.6) is 0 Å². The lowest BCUT2D eigenvalue weighted by atomic mass is 9.59. The van der Waals surface area contributed by atoms with Crippen molar-refractivity contribution in [2.45, 2.75) is 157 Å². The molecule has 0 unspecified atom stereocenters. The van der Waals surface area contributed by atoms with E-state index in [0.29, 0.717) is 0 Å². The van der Waals surface area contributed by atoms with E-state index >= 15 is 0 Å². The van der Waals surface area contributed by atoms with E-state index in [-0.39, 0.29) is 43.3 Å². The molecule has 9 aromatic rings. The molecule has 0 saturated heterocycles. The topological polar surface area (TPSA) is 8.82 Å². The summed E-state index contributed by atoms with van der Waals surface area (Å²) in [6, 6.07) is 25.4. The molecular formula is C56H64N2. The van der Waals surface area contributed by atoms with Crippen LogP contribution in [0.25, 0.3) is 76.2 Å². The largest absolute Gasteiger partial charge is 0.308 e. The lowest BCUT2D eigenvalue weighted by Crippen LogP contribution is -2.42. The normalized spacial score (nSPS) is 20.7. The van der Waals surface area contributed by atoms with Crippen molar-refractivity contribution in [1.82, 2.24) is 8.80 Å². The summed E-state index contributed by atoms with van der Waals surface area (Å²) in [6.45, 7) is 44.1. The van der Waals surface area contributed by atoms with Gasteiger partial charge in [-0.2, -0.15) is 0 Å². The Morgan fingerprint density at radius 1 is 0.345 bits per heavy atom. The molecule has 2 aliphatic carbocycles. The van der Waals surface area contributed by atoms with E-state index in [1.165, 1.54) is 110 Å². The summed E-state index contributed by atoms with van der Waals surface area (Å²) in [4.78, 5) is 0. The molecule has 5 aromatic carbocycles. The van der Waals surface area contributed by atoms with E-state index in [2.05, 4.69) is 194 Å². The van der Waals surface area contributed by atoms with Crippen LogP contribution in [0.1, 0.15) is 158 Å². The summed E-state index contributed by atoms with van der Waals surface area (Å²) in [5.74, 6) is 0. The summed E-state index contributed by atoms with van der Waals surface area (Å²) >= 11 is 0. The lowest BCUT2D eigenvalue weighted by molar-refractivity contribution is 0.125. The van der Waals surface area contributed by atoms with Crippen molar-refractivity contribution in [3.63, 3.8) is 0 Å². The van der Waals surface area contributed by atoms with Gasteiger partial charge < -0.3 is 8.80 Å². The van der Waals surface area contributed by atoms with Crippen LogP contribution in [0.2, 0.25) is 0 Å². The highest BCUT2D eigenvalue weighted by Gasteiger charge is 2.58. The summed E-state index contributed by atoms with van der Waals surface area (Å²) in [5.41, 5.74) is 17.2. The summed E-state index contributed by atoms with van der Waals surface area (Å²) in [6.07, 6.45) is 0. The van der Waals surface area contributed by atoms with Crippen LogP contribution < -0.4 is 0 Å². The van der Waals surface area contributed by atoms with Gasteiger partial charge in [0.15, 0.2) is 0 Å². The fraction of sp³-hybridized carbons (Fsp3) is 0.464. The number of hydrogen-bond acceptors (Lipinski definition) is 0. The Balaban J connectivity index is 1.48. The number of rotatable bonds is 0. The first-order chi connectivity index (χ1) is 26.6. The molecule has 0 atom stereocenters. The number of nitrogens with zero attached hydrogens (tertiary/aromatic N) is 2. The van der Waals surface area contributed by atoms with E-state index in [4.69, 9.17) is 0 Å². The molecule has 0 N–H and O–H groups in total. The fourth-order valence-electron chi connectivity index (χ4n) is 12.7. The molecule has 298 valence electrons. The van der Waals surface area contributed by atoms with Gasteiger partial charge in [0.25, 0.3) is 0 Å². The highest BCUT2D eigenvalue weighted by atomic mass is 14.9. The van der Waals surface area contributed by atoms with Crippen molar-refractivity contribution in [3.8, 4) is 0 Å². The molecular weight excluding hydrogens is 701 g/mol. The standard InChI is InChI=1S/C56H64N2/c1-49(2,3)29-19-21-39-31(23-29)43-45-33-25-35-38(54(13,14)55(15,16)51(35,7)8)28-42(33)58-40-22-20-30(50(4,5)6)24-32(40)44(48(45)58)46-34-26-36-37(27-41(34)57(39)47(43)46)53(11,12)56(17,18)52(36,9)10/h19-28H,1-18H3. The SMILES string of the molecule is CC(C)(C)c1ccc2c(c1)c1c3c4cc5c(cc4n4c6ccc(C(C)(C)C)cc6c(c6c7cc8c(cc7n2c16)C(C)(C)C(C)(C)C8(C)C)c34)C(C)(C)C(C)(C)C5(C)C. The molecule has 0 saturated carbocycles. The molecule has 0 bridgehead atoms. The predicted octanol–water partition coefficient (Wildman–Crippen LogP) is 15.8. The first-order valence-electron chi connectivity index (χ1n) is 22.1. The molecule has 2 heteroatoms. The highest BCUT2D eigenvalue weighted by molar-refractivity contribution is 6.45. The molecule has 0 aliphatic heterocycles. The van der Waals surface area contributed by atoms with Crippen molar-refractivity contribution < 1.29 is 0 Å². The zero-order valence-electron chi connectivity index (χ0n) is 38.7. The minimum Gasteiger partial charge on any atom is -0.308 e. The van der Waals surface area contributed by atoms with Crippen LogP contribution in [0.4, 0.5) is 0 Å². The molecule has 0 fully saturated rings. The average molecular weight is 765 g/mol. The van der Waals surface area contributed by atoms with Crippen molar-refractivity contribution in [2.24, 2.45) is 10.8 Å². The Bertz CT molecular complexity index is 3100. The maximum absolute atomic E-state index is 2.70. The van der Waals surface area contributed by atoms with Gasteiger partial charge in [0, 0.05) is 43.1 Å². The van der Waals surface area contributed by atoms with Gasteiger partial charge in [-0.1, -0.05) is 137 Å². The van der Waals surface area contributed by atoms with Crippen LogP contribution in [0, 0.1) is 10.8 Å². The molecule has 0 amide bonds. The maximum Gasteiger partial charge on any atom is 0.0634 e. The van der Waals surface area contributed by atoms with Crippen molar-refractivity contribution in [3.05, 3.63) is 94.0 Å². The Kier molecular flexibility index (Phi) is 6.23. The second-order valence-electron chi connectivity index (χ2n) is 24.4. The second kappa shape index (κ2) is 9.83. The van der Waals surface area contributed by atoms with Crippen molar-refractivity contribution in [2.75, 3.05) is 0 Å². The summed E-state index contributed by atoms with van der Waals surface area (Å²) in [7, 11) is 0. The van der Waals surface area contributed by atoms with Crippen LogP contribution in [0.3, 0.4) is 0 Å². The highest BCUT2D eigenvalue weighted by Crippen LogP contribution is 2.65. The molecule has 58 heavy (non-hydrogen) atoms. The Labute approximate surface area is 345 Å². The Morgan fingerprint density at radius 3 is 0.914 bits per heavy atom. The Hall–Kier alpha value is -4.30. The monoisotopic (exact) mass is 765 g/mol. The second-order valence-corrected chi connectivity index (χ2v) is 24.4. The van der Waals surface area contributed by atoms with E-state index < -0.39 is 0 Å². The van der Waals surface area contributed by atoms with Crippen LogP contribution >= 0.6 is 0 Å². The van der Waals surface area contributed by atoms with Gasteiger partial charge in [-0.25, -0.2) is 0 Å². The molecule has 2 aliphatic rings. The first kappa shape index (κ1) is 36.8. The van der Waals surface area contributed by atoms with Gasteiger partial charge in [-0.05, 0) is 125 Å². The third kappa shape index (κ3) is 3.69. The maximum atomic E-state index is 2.70. The number of hydrogen-bond donors (Lipinski definition) is 0. The van der Waals surface area contributed by atoms with Gasteiger partial charge in [0.05, 0.1) is 33.1 Å². The quantitative estimate of drug-likeness (QED) is 0.145. The smallest absolute Gasteiger partial charge is 0.0634 e. The lowest BCUT2D eigenvalue weighted by Gasteiger charge is -2.44. The van der Waals surface area contributed by atoms with Gasteiger partial charge in [-0.3, -0.25) is 0 Å².